The van der Waals surface area contributed by atoms with E-state index in [9.17, 15) is 9.59 Å². The lowest BCUT2D eigenvalue weighted by atomic mass is 9.86. The number of nitrogens with zero attached hydrogens (tertiary/aromatic N) is 1. The molecule has 1 fully saturated rings. The molecule has 0 radical (unpaired) electrons. The first kappa shape index (κ1) is 15.0. The summed E-state index contributed by atoms with van der Waals surface area (Å²) in [6.07, 6.45) is 4.29. The van der Waals surface area contributed by atoms with Crippen LogP contribution < -0.4 is 10.6 Å². The van der Waals surface area contributed by atoms with Crippen LogP contribution in [0, 0.1) is 17.2 Å². The minimum atomic E-state index is -0.669. The second kappa shape index (κ2) is 6.89. The first-order valence-corrected chi connectivity index (χ1v) is 7.22. The summed E-state index contributed by atoms with van der Waals surface area (Å²) in [6, 6.07) is 8.47. The number of hydrogen-bond acceptors (Lipinski definition) is 3. The summed E-state index contributed by atoms with van der Waals surface area (Å²) in [5.74, 6) is -0.860. The summed E-state index contributed by atoms with van der Waals surface area (Å²) in [5.41, 5.74) is 1.01. The Labute approximate surface area is 124 Å². The van der Waals surface area contributed by atoms with Crippen molar-refractivity contribution in [3.8, 4) is 6.07 Å². The predicted octanol–water partition coefficient (Wildman–Crippen LogP) is 2.19. The van der Waals surface area contributed by atoms with Crippen molar-refractivity contribution in [1.82, 2.24) is 5.32 Å². The molecule has 1 aliphatic carbocycles. The molecule has 0 aromatic heterocycles. The highest BCUT2D eigenvalue weighted by atomic mass is 16.2. The topological polar surface area (TPSA) is 82.0 Å². The summed E-state index contributed by atoms with van der Waals surface area (Å²) < 4.78 is 0. The van der Waals surface area contributed by atoms with E-state index in [0.29, 0.717) is 17.2 Å². The smallest absolute Gasteiger partial charge is 0.313 e. The molecule has 1 aromatic carbocycles. The van der Waals surface area contributed by atoms with Gasteiger partial charge >= 0.3 is 11.8 Å². The molecule has 1 aromatic rings. The lowest BCUT2D eigenvalue weighted by Gasteiger charge is -2.29. The van der Waals surface area contributed by atoms with Gasteiger partial charge in [-0.25, -0.2) is 0 Å². The number of hydrogen-bond donors (Lipinski definition) is 2. The maximum atomic E-state index is 11.9. The monoisotopic (exact) mass is 285 g/mol. The lowest BCUT2D eigenvalue weighted by molar-refractivity contribution is -0.137. The van der Waals surface area contributed by atoms with E-state index in [1.54, 1.807) is 24.3 Å². The zero-order valence-electron chi connectivity index (χ0n) is 12.1. The predicted molar refractivity (Wildman–Crippen MR) is 79.3 cm³/mol. The van der Waals surface area contributed by atoms with E-state index in [4.69, 9.17) is 5.26 Å². The molecule has 2 atom stereocenters. The Morgan fingerprint density at radius 3 is 2.43 bits per heavy atom. The van der Waals surface area contributed by atoms with Gasteiger partial charge in [0.1, 0.15) is 0 Å². The fourth-order valence-corrected chi connectivity index (χ4v) is 2.58. The van der Waals surface area contributed by atoms with Crippen molar-refractivity contribution in [2.24, 2.45) is 5.92 Å². The van der Waals surface area contributed by atoms with Crippen molar-refractivity contribution in [1.29, 1.82) is 5.26 Å². The molecular formula is C16H19N3O2. The average molecular weight is 285 g/mol. The quantitative estimate of drug-likeness (QED) is 0.817. The van der Waals surface area contributed by atoms with Gasteiger partial charge in [0.05, 0.1) is 11.6 Å². The summed E-state index contributed by atoms with van der Waals surface area (Å²) >= 11 is 0. The number of nitriles is 1. The molecule has 110 valence electrons. The van der Waals surface area contributed by atoms with Crippen molar-refractivity contribution in [3.05, 3.63) is 29.8 Å². The number of anilines is 1. The van der Waals surface area contributed by atoms with Gasteiger partial charge in [-0.3, -0.25) is 9.59 Å². The van der Waals surface area contributed by atoms with Gasteiger partial charge < -0.3 is 10.6 Å². The molecule has 0 spiro atoms. The molecule has 5 nitrogen and oxygen atoms in total. The molecule has 0 aliphatic heterocycles. The average Bonchev–Trinajstić information content (AvgIpc) is 2.50. The van der Waals surface area contributed by atoms with Crippen molar-refractivity contribution in [2.45, 2.75) is 38.6 Å². The van der Waals surface area contributed by atoms with Crippen LogP contribution in [0.5, 0.6) is 0 Å². The van der Waals surface area contributed by atoms with E-state index in [1.165, 1.54) is 6.42 Å². The normalized spacial score (nSPS) is 21.1. The van der Waals surface area contributed by atoms with Crippen molar-refractivity contribution in [3.63, 3.8) is 0 Å². The minimum Gasteiger partial charge on any atom is -0.345 e. The lowest BCUT2D eigenvalue weighted by Crippen LogP contribution is -2.45. The third kappa shape index (κ3) is 4.06. The van der Waals surface area contributed by atoms with Crippen LogP contribution in [-0.4, -0.2) is 17.9 Å². The molecule has 1 aliphatic rings. The van der Waals surface area contributed by atoms with E-state index in [-0.39, 0.29) is 6.04 Å². The molecule has 2 N–H and O–H groups in total. The summed E-state index contributed by atoms with van der Waals surface area (Å²) in [7, 11) is 0. The molecule has 1 saturated carbocycles. The molecule has 0 bridgehead atoms. The number of rotatable bonds is 2. The van der Waals surface area contributed by atoms with Gasteiger partial charge in [0, 0.05) is 11.7 Å². The first-order chi connectivity index (χ1) is 10.1. The Bertz CT molecular complexity index is 560. The standard InChI is InChI=1S/C16H19N3O2/c1-11-4-2-3-5-14(11)19-16(21)15(20)18-13-8-6-12(10-17)7-9-13/h6-9,11,14H,2-5H2,1H3,(H,18,20)(H,19,21). The van der Waals surface area contributed by atoms with Crippen LogP contribution in [0.4, 0.5) is 5.69 Å². The van der Waals surface area contributed by atoms with Crippen LogP contribution in [0.1, 0.15) is 38.2 Å². The molecule has 0 saturated heterocycles. The molecule has 2 unspecified atom stereocenters. The number of amides is 2. The fourth-order valence-electron chi connectivity index (χ4n) is 2.58. The van der Waals surface area contributed by atoms with Crippen LogP contribution in [-0.2, 0) is 9.59 Å². The summed E-state index contributed by atoms with van der Waals surface area (Å²) in [6.45, 7) is 2.10. The van der Waals surface area contributed by atoms with E-state index < -0.39 is 11.8 Å². The SMILES string of the molecule is CC1CCCCC1NC(=O)C(=O)Nc1ccc(C#N)cc1. The van der Waals surface area contributed by atoms with Gasteiger partial charge in [0.25, 0.3) is 0 Å². The minimum absolute atomic E-state index is 0.0814. The third-order valence-corrected chi connectivity index (χ3v) is 3.91. The Kier molecular flexibility index (Phi) is 4.94. The molecular weight excluding hydrogens is 266 g/mol. The maximum Gasteiger partial charge on any atom is 0.313 e. The van der Waals surface area contributed by atoms with Gasteiger partial charge in [0.15, 0.2) is 0 Å². The third-order valence-electron chi connectivity index (χ3n) is 3.91. The largest absolute Gasteiger partial charge is 0.345 e. The van der Waals surface area contributed by atoms with E-state index in [2.05, 4.69) is 17.6 Å². The second-order valence-corrected chi connectivity index (χ2v) is 5.48. The molecule has 2 amide bonds. The highest BCUT2D eigenvalue weighted by Crippen LogP contribution is 2.23. The van der Waals surface area contributed by atoms with Crippen LogP contribution in [0.2, 0.25) is 0 Å². The van der Waals surface area contributed by atoms with E-state index in [1.807, 2.05) is 6.07 Å². The first-order valence-electron chi connectivity index (χ1n) is 7.22. The Morgan fingerprint density at radius 1 is 1.14 bits per heavy atom. The Morgan fingerprint density at radius 2 is 1.81 bits per heavy atom. The zero-order valence-corrected chi connectivity index (χ0v) is 12.1. The van der Waals surface area contributed by atoms with Crippen molar-refractivity contribution in [2.75, 3.05) is 5.32 Å². The number of carbonyl (C=O) groups excluding carboxylic acids is 2. The number of benzene rings is 1. The highest BCUT2D eigenvalue weighted by molar-refractivity contribution is 6.39. The molecule has 2 rings (SSSR count). The van der Waals surface area contributed by atoms with E-state index in [0.717, 1.165) is 19.3 Å². The van der Waals surface area contributed by atoms with Gasteiger partial charge in [-0.15, -0.1) is 0 Å². The van der Waals surface area contributed by atoms with Crippen LogP contribution in [0.25, 0.3) is 0 Å². The fraction of sp³-hybridized carbons (Fsp3) is 0.438. The molecule has 21 heavy (non-hydrogen) atoms. The molecule has 5 heteroatoms. The Balaban J connectivity index is 1.90. The van der Waals surface area contributed by atoms with Crippen LogP contribution in [0.15, 0.2) is 24.3 Å². The van der Waals surface area contributed by atoms with Crippen molar-refractivity contribution < 1.29 is 9.59 Å². The van der Waals surface area contributed by atoms with Gasteiger partial charge in [-0.2, -0.15) is 5.26 Å². The number of nitrogens with one attached hydrogen (secondary N) is 2. The number of carbonyl (C=O) groups is 2. The van der Waals surface area contributed by atoms with Gasteiger partial charge in [-0.05, 0) is 43.0 Å². The van der Waals surface area contributed by atoms with Crippen LogP contribution in [0.3, 0.4) is 0 Å². The van der Waals surface area contributed by atoms with Crippen LogP contribution >= 0.6 is 0 Å². The van der Waals surface area contributed by atoms with Gasteiger partial charge in [0.2, 0.25) is 0 Å². The maximum absolute atomic E-state index is 11.9. The zero-order chi connectivity index (χ0) is 15.2. The van der Waals surface area contributed by atoms with E-state index >= 15 is 0 Å². The van der Waals surface area contributed by atoms with Crippen molar-refractivity contribution >= 4 is 17.5 Å². The second-order valence-electron chi connectivity index (χ2n) is 5.48. The summed E-state index contributed by atoms with van der Waals surface area (Å²) in [4.78, 5) is 23.8. The Hall–Kier alpha value is -2.35. The summed E-state index contributed by atoms with van der Waals surface area (Å²) in [5, 5.41) is 14.0. The van der Waals surface area contributed by atoms with Gasteiger partial charge in [-0.1, -0.05) is 19.8 Å². The molecule has 0 heterocycles. The highest BCUT2D eigenvalue weighted by Gasteiger charge is 2.25.